The van der Waals surface area contributed by atoms with Gasteiger partial charge in [0.15, 0.2) is 11.5 Å². The van der Waals surface area contributed by atoms with E-state index in [-0.39, 0.29) is 13.2 Å². The van der Waals surface area contributed by atoms with Crippen LogP contribution in [0.15, 0.2) is 42.5 Å². The number of rotatable bonds is 8. The Labute approximate surface area is 146 Å². The molecule has 0 bridgehead atoms. The first kappa shape index (κ1) is 17.4. The number of hydrogen-bond donors (Lipinski definition) is 1. The predicted octanol–water partition coefficient (Wildman–Crippen LogP) is 2.42. The van der Waals surface area contributed by atoms with Crippen molar-refractivity contribution in [1.82, 2.24) is 0 Å². The Balaban J connectivity index is 1.43. The van der Waals surface area contributed by atoms with E-state index in [9.17, 15) is 5.11 Å². The van der Waals surface area contributed by atoms with Crippen LogP contribution >= 0.6 is 0 Å². The van der Waals surface area contributed by atoms with Crippen LogP contribution in [0, 0.1) is 0 Å². The van der Waals surface area contributed by atoms with E-state index in [1.54, 1.807) is 25.3 Å². The standard InChI is InChI=1S/C19H22O6/c1-21-17-5-3-2-4-14(17)11-22-12-15(20)13-25-16-6-7-18-19(10-16)24-9-8-23-18/h2-7,10,15,20H,8-9,11-13H2,1H3. The Morgan fingerprint density at radius 3 is 2.68 bits per heavy atom. The van der Waals surface area contributed by atoms with Crippen LogP contribution in [-0.4, -0.2) is 44.7 Å². The summed E-state index contributed by atoms with van der Waals surface area (Å²) in [5, 5.41) is 10.0. The van der Waals surface area contributed by atoms with Crippen LogP contribution in [0.3, 0.4) is 0 Å². The van der Waals surface area contributed by atoms with E-state index in [0.29, 0.717) is 37.1 Å². The molecule has 0 saturated heterocycles. The van der Waals surface area contributed by atoms with Gasteiger partial charge in [-0.3, -0.25) is 0 Å². The molecule has 6 nitrogen and oxygen atoms in total. The lowest BCUT2D eigenvalue weighted by atomic mass is 10.2. The van der Waals surface area contributed by atoms with Gasteiger partial charge in [0.1, 0.15) is 37.4 Å². The number of aliphatic hydroxyl groups is 1. The zero-order valence-corrected chi connectivity index (χ0v) is 14.1. The van der Waals surface area contributed by atoms with Crippen molar-refractivity contribution in [3.8, 4) is 23.0 Å². The quantitative estimate of drug-likeness (QED) is 0.792. The lowest BCUT2D eigenvalue weighted by Gasteiger charge is -2.19. The summed E-state index contributed by atoms with van der Waals surface area (Å²) < 4.78 is 27.4. The van der Waals surface area contributed by atoms with E-state index in [4.69, 9.17) is 23.7 Å². The molecular weight excluding hydrogens is 324 g/mol. The fraction of sp³-hybridized carbons (Fsp3) is 0.368. The zero-order chi connectivity index (χ0) is 17.5. The van der Waals surface area contributed by atoms with E-state index >= 15 is 0 Å². The Bertz CT molecular complexity index is 687. The highest BCUT2D eigenvalue weighted by Gasteiger charge is 2.13. The topological polar surface area (TPSA) is 66.4 Å². The molecule has 0 amide bonds. The SMILES string of the molecule is COc1ccccc1COCC(O)COc1ccc2c(c1)OCCO2. The van der Waals surface area contributed by atoms with Gasteiger partial charge in [0, 0.05) is 11.6 Å². The molecule has 1 aliphatic rings. The average molecular weight is 346 g/mol. The normalized spacial score (nSPS) is 14.0. The molecule has 2 aromatic carbocycles. The average Bonchev–Trinajstić information content (AvgIpc) is 2.66. The van der Waals surface area contributed by atoms with Gasteiger partial charge < -0.3 is 28.8 Å². The predicted molar refractivity (Wildman–Crippen MR) is 91.6 cm³/mol. The van der Waals surface area contributed by atoms with Gasteiger partial charge >= 0.3 is 0 Å². The van der Waals surface area contributed by atoms with Gasteiger partial charge in [0.25, 0.3) is 0 Å². The summed E-state index contributed by atoms with van der Waals surface area (Å²) in [4.78, 5) is 0. The molecule has 25 heavy (non-hydrogen) atoms. The van der Waals surface area contributed by atoms with E-state index < -0.39 is 6.10 Å². The van der Waals surface area contributed by atoms with Crippen LogP contribution in [0.1, 0.15) is 5.56 Å². The van der Waals surface area contributed by atoms with Gasteiger partial charge in [-0.1, -0.05) is 18.2 Å². The van der Waals surface area contributed by atoms with Crippen molar-refractivity contribution >= 4 is 0 Å². The van der Waals surface area contributed by atoms with Crippen LogP contribution < -0.4 is 18.9 Å². The first-order valence-corrected chi connectivity index (χ1v) is 8.16. The third-order valence-electron chi connectivity index (χ3n) is 3.72. The van der Waals surface area contributed by atoms with Crippen LogP contribution in [0.2, 0.25) is 0 Å². The smallest absolute Gasteiger partial charge is 0.165 e. The number of ether oxygens (including phenoxy) is 5. The Morgan fingerprint density at radius 2 is 1.84 bits per heavy atom. The van der Waals surface area contributed by atoms with Crippen LogP contribution in [0.25, 0.3) is 0 Å². The molecule has 0 saturated carbocycles. The second-order valence-electron chi connectivity index (χ2n) is 5.60. The third kappa shape index (κ3) is 4.78. The van der Waals surface area contributed by atoms with Gasteiger partial charge in [0.2, 0.25) is 0 Å². The Hall–Kier alpha value is -2.44. The van der Waals surface area contributed by atoms with Crippen molar-refractivity contribution in [3.05, 3.63) is 48.0 Å². The summed E-state index contributed by atoms with van der Waals surface area (Å²) in [5.41, 5.74) is 0.935. The highest BCUT2D eigenvalue weighted by molar-refractivity contribution is 5.46. The molecule has 0 radical (unpaired) electrons. The number of para-hydroxylation sites is 1. The molecule has 1 aliphatic heterocycles. The van der Waals surface area contributed by atoms with Gasteiger partial charge in [0.05, 0.1) is 20.3 Å². The summed E-state index contributed by atoms with van der Waals surface area (Å²) in [7, 11) is 1.62. The number of methoxy groups -OCH3 is 1. The monoisotopic (exact) mass is 346 g/mol. The van der Waals surface area contributed by atoms with Crippen molar-refractivity contribution in [2.75, 3.05) is 33.5 Å². The van der Waals surface area contributed by atoms with E-state index in [1.165, 1.54) is 0 Å². The molecule has 0 aliphatic carbocycles. The molecule has 1 unspecified atom stereocenters. The molecule has 1 atom stereocenters. The molecule has 3 rings (SSSR count). The number of hydrogen-bond acceptors (Lipinski definition) is 6. The molecule has 1 N–H and O–H groups in total. The zero-order valence-electron chi connectivity index (χ0n) is 14.1. The minimum Gasteiger partial charge on any atom is -0.496 e. The van der Waals surface area contributed by atoms with E-state index in [1.807, 2.05) is 24.3 Å². The lowest BCUT2D eigenvalue weighted by Crippen LogP contribution is -2.23. The van der Waals surface area contributed by atoms with Crippen LogP contribution in [0.5, 0.6) is 23.0 Å². The molecule has 0 fully saturated rings. The molecule has 0 aromatic heterocycles. The number of fused-ring (bicyclic) bond motifs is 1. The molecular formula is C19H22O6. The fourth-order valence-electron chi connectivity index (χ4n) is 2.48. The first-order valence-electron chi connectivity index (χ1n) is 8.16. The van der Waals surface area contributed by atoms with Crippen molar-refractivity contribution in [2.45, 2.75) is 12.7 Å². The van der Waals surface area contributed by atoms with Gasteiger partial charge in [-0.2, -0.15) is 0 Å². The van der Waals surface area contributed by atoms with Crippen molar-refractivity contribution in [1.29, 1.82) is 0 Å². The highest BCUT2D eigenvalue weighted by atomic mass is 16.6. The summed E-state index contributed by atoms with van der Waals surface area (Å²) in [6.07, 6.45) is -0.733. The van der Waals surface area contributed by atoms with Crippen LogP contribution in [0.4, 0.5) is 0 Å². The maximum Gasteiger partial charge on any atom is 0.165 e. The van der Waals surface area contributed by atoms with Crippen molar-refractivity contribution < 1.29 is 28.8 Å². The lowest BCUT2D eigenvalue weighted by molar-refractivity contribution is 0.00494. The van der Waals surface area contributed by atoms with Crippen molar-refractivity contribution in [2.24, 2.45) is 0 Å². The number of benzene rings is 2. The maximum atomic E-state index is 10.0. The summed E-state index contributed by atoms with van der Waals surface area (Å²) in [5.74, 6) is 2.75. The summed E-state index contributed by atoms with van der Waals surface area (Å²) in [6.45, 7) is 1.74. The first-order chi connectivity index (χ1) is 12.3. The summed E-state index contributed by atoms with van der Waals surface area (Å²) >= 11 is 0. The molecule has 6 heteroatoms. The Kier molecular flexibility index (Phi) is 5.98. The van der Waals surface area contributed by atoms with E-state index in [2.05, 4.69) is 0 Å². The molecule has 2 aromatic rings. The fourth-order valence-corrected chi connectivity index (χ4v) is 2.48. The maximum absolute atomic E-state index is 10.0. The minimum atomic E-state index is -0.733. The van der Waals surface area contributed by atoms with E-state index in [0.717, 1.165) is 11.3 Å². The number of aliphatic hydroxyl groups excluding tert-OH is 1. The van der Waals surface area contributed by atoms with Gasteiger partial charge in [-0.05, 0) is 18.2 Å². The molecule has 134 valence electrons. The van der Waals surface area contributed by atoms with Gasteiger partial charge in [-0.25, -0.2) is 0 Å². The highest BCUT2D eigenvalue weighted by Crippen LogP contribution is 2.33. The molecule has 0 spiro atoms. The third-order valence-corrected chi connectivity index (χ3v) is 3.72. The van der Waals surface area contributed by atoms with Crippen LogP contribution in [-0.2, 0) is 11.3 Å². The molecule has 1 heterocycles. The second kappa shape index (κ2) is 8.60. The minimum absolute atomic E-state index is 0.131. The largest absolute Gasteiger partial charge is 0.496 e. The second-order valence-corrected chi connectivity index (χ2v) is 5.60. The van der Waals surface area contributed by atoms with Gasteiger partial charge in [-0.15, -0.1) is 0 Å². The summed E-state index contributed by atoms with van der Waals surface area (Å²) in [6, 6.07) is 13.0. The van der Waals surface area contributed by atoms with Crippen molar-refractivity contribution in [3.63, 3.8) is 0 Å². The Morgan fingerprint density at radius 1 is 1.04 bits per heavy atom.